The van der Waals surface area contributed by atoms with Crippen LogP contribution in [0.3, 0.4) is 0 Å². The molecule has 1 heterocycles. The van der Waals surface area contributed by atoms with E-state index in [9.17, 15) is 0 Å². The SMILES string of the molecule is COc1cncc(C2(C)CCC(Cl)C2)c1. The van der Waals surface area contributed by atoms with Crippen LogP contribution in [0.5, 0.6) is 5.75 Å². The van der Waals surface area contributed by atoms with Crippen LogP contribution in [-0.2, 0) is 5.41 Å². The Kier molecular flexibility index (Phi) is 2.87. The summed E-state index contributed by atoms with van der Waals surface area (Å²) in [5, 5.41) is 0.307. The summed E-state index contributed by atoms with van der Waals surface area (Å²) in [7, 11) is 1.67. The van der Waals surface area contributed by atoms with Crippen molar-refractivity contribution in [3.63, 3.8) is 0 Å². The standard InChI is InChI=1S/C12H16ClNO/c1-12(4-3-10(13)6-12)9-5-11(15-2)8-14-7-9/h5,7-8,10H,3-4,6H2,1-2H3. The number of rotatable bonds is 2. The minimum absolute atomic E-state index is 0.175. The quantitative estimate of drug-likeness (QED) is 0.722. The van der Waals surface area contributed by atoms with E-state index in [1.165, 1.54) is 5.56 Å². The molecule has 1 aromatic rings. The van der Waals surface area contributed by atoms with Crippen molar-refractivity contribution in [3.8, 4) is 5.75 Å². The van der Waals surface area contributed by atoms with E-state index >= 15 is 0 Å². The maximum atomic E-state index is 6.17. The van der Waals surface area contributed by atoms with Crippen molar-refractivity contribution in [2.24, 2.45) is 0 Å². The van der Waals surface area contributed by atoms with Crippen LogP contribution < -0.4 is 4.74 Å². The molecular weight excluding hydrogens is 210 g/mol. The van der Waals surface area contributed by atoms with Crippen LogP contribution in [0.1, 0.15) is 31.7 Å². The van der Waals surface area contributed by atoms with Gasteiger partial charge in [-0.25, -0.2) is 0 Å². The zero-order chi connectivity index (χ0) is 10.9. The summed E-state index contributed by atoms with van der Waals surface area (Å²) in [4.78, 5) is 4.20. The van der Waals surface area contributed by atoms with Gasteiger partial charge in [-0.15, -0.1) is 11.6 Å². The Morgan fingerprint density at radius 3 is 2.93 bits per heavy atom. The van der Waals surface area contributed by atoms with Crippen molar-refractivity contribution in [1.29, 1.82) is 0 Å². The number of halogens is 1. The predicted octanol–water partition coefficient (Wildman–Crippen LogP) is 3.14. The first-order chi connectivity index (χ1) is 7.14. The highest BCUT2D eigenvalue weighted by Crippen LogP contribution is 2.43. The van der Waals surface area contributed by atoms with Crippen molar-refractivity contribution >= 4 is 11.6 Å². The molecule has 2 atom stereocenters. The van der Waals surface area contributed by atoms with Gasteiger partial charge in [-0.05, 0) is 36.3 Å². The number of nitrogens with zero attached hydrogens (tertiary/aromatic N) is 1. The van der Waals surface area contributed by atoms with Crippen molar-refractivity contribution in [2.75, 3.05) is 7.11 Å². The van der Waals surface area contributed by atoms with Gasteiger partial charge >= 0.3 is 0 Å². The Morgan fingerprint density at radius 2 is 2.33 bits per heavy atom. The molecule has 82 valence electrons. The number of hydrogen-bond acceptors (Lipinski definition) is 2. The summed E-state index contributed by atoms with van der Waals surface area (Å²) in [5.41, 5.74) is 1.42. The van der Waals surface area contributed by atoms with Gasteiger partial charge in [0.1, 0.15) is 5.75 Å². The lowest BCUT2D eigenvalue weighted by Crippen LogP contribution is -2.18. The van der Waals surface area contributed by atoms with Crippen molar-refractivity contribution in [1.82, 2.24) is 4.98 Å². The smallest absolute Gasteiger partial charge is 0.137 e. The highest BCUT2D eigenvalue weighted by molar-refractivity contribution is 6.20. The Morgan fingerprint density at radius 1 is 1.53 bits per heavy atom. The molecule has 0 radical (unpaired) electrons. The molecule has 0 saturated heterocycles. The van der Waals surface area contributed by atoms with Crippen molar-refractivity contribution in [3.05, 3.63) is 24.0 Å². The average molecular weight is 226 g/mol. The van der Waals surface area contributed by atoms with Crippen LogP contribution in [0, 0.1) is 0 Å². The summed E-state index contributed by atoms with van der Waals surface area (Å²) in [6.07, 6.45) is 6.92. The second-order valence-corrected chi connectivity index (χ2v) is 5.13. The zero-order valence-corrected chi connectivity index (χ0v) is 9.92. The first-order valence-electron chi connectivity index (χ1n) is 5.28. The van der Waals surface area contributed by atoms with Crippen molar-refractivity contribution in [2.45, 2.75) is 37.0 Å². The van der Waals surface area contributed by atoms with E-state index < -0.39 is 0 Å². The van der Waals surface area contributed by atoms with Crippen LogP contribution in [0.15, 0.2) is 18.5 Å². The topological polar surface area (TPSA) is 22.1 Å². The number of ether oxygens (including phenoxy) is 1. The molecule has 1 aliphatic rings. The molecule has 2 rings (SSSR count). The number of methoxy groups -OCH3 is 1. The third-order valence-corrected chi connectivity index (χ3v) is 3.70. The van der Waals surface area contributed by atoms with Gasteiger partial charge in [-0.3, -0.25) is 4.98 Å². The molecule has 1 saturated carbocycles. The minimum Gasteiger partial charge on any atom is -0.495 e. The van der Waals surface area contributed by atoms with Gasteiger partial charge in [0.25, 0.3) is 0 Å². The van der Waals surface area contributed by atoms with Crippen LogP contribution in [0.25, 0.3) is 0 Å². The Labute approximate surface area is 95.6 Å². The van der Waals surface area contributed by atoms with E-state index in [-0.39, 0.29) is 5.41 Å². The van der Waals surface area contributed by atoms with Gasteiger partial charge in [-0.1, -0.05) is 6.92 Å². The molecular formula is C12H16ClNO. The fourth-order valence-electron chi connectivity index (χ4n) is 2.29. The molecule has 2 nitrogen and oxygen atoms in total. The van der Waals surface area contributed by atoms with E-state index in [2.05, 4.69) is 18.0 Å². The molecule has 15 heavy (non-hydrogen) atoms. The minimum atomic E-state index is 0.175. The maximum Gasteiger partial charge on any atom is 0.137 e. The molecule has 0 spiro atoms. The monoisotopic (exact) mass is 225 g/mol. The van der Waals surface area contributed by atoms with Crippen LogP contribution in [0.2, 0.25) is 0 Å². The lowest BCUT2D eigenvalue weighted by molar-refractivity contribution is 0.408. The lowest BCUT2D eigenvalue weighted by atomic mass is 9.82. The Bertz CT molecular complexity index is 355. The maximum absolute atomic E-state index is 6.17. The van der Waals surface area contributed by atoms with Crippen LogP contribution >= 0.6 is 11.6 Å². The highest BCUT2D eigenvalue weighted by Gasteiger charge is 2.36. The van der Waals surface area contributed by atoms with Gasteiger partial charge in [0, 0.05) is 11.6 Å². The van der Waals surface area contributed by atoms with Gasteiger partial charge in [0.05, 0.1) is 13.3 Å². The number of aromatic nitrogens is 1. The van der Waals surface area contributed by atoms with E-state index in [4.69, 9.17) is 16.3 Å². The predicted molar refractivity (Wildman–Crippen MR) is 61.6 cm³/mol. The normalized spacial score (nSPS) is 30.5. The second-order valence-electron chi connectivity index (χ2n) is 4.51. The molecule has 1 fully saturated rings. The second kappa shape index (κ2) is 4.01. The van der Waals surface area contributed by atoms with Crippen LogP contribution in [-0.4, -0.2) is 17.5 Å². The number of alkyl halides is 1. The molecule has 3 heteroatoms. The van der Waals surface area contributed by atoms with Gasteiger partial charge < -0.3 is 4.74 Å². The first kappa shape index (κ1) is 10.7. The fourth-order valence-corrected chi connectivity index (χ4v) is 2.74. The molecule has 1 aliphatic carbocycles. The summed E-state index contributed by atoms with van der Waals surface area (Å²) in [6, 6.07) is 2.07. The summed E-state index contributed by atoms with van der Waals surface area (Å²) in [5.74, 6) is 0.826. The summed E-state index contributed by atoms with van der Waals surface area (Å²) in [6.45, 7) is 2.26. The molecule has 0 amide bonds. The highest BCUT2D eigenvalue weighted by atomic mass is 35.5. The molecule has 0 N–H and O–H groups in total. The third kappa shape index (κ3) is 2.10. The molecule has 2 unspecified atom stereocenters. The van der Waals surface area contributed by atoms with Gasteiger partial charge in [-0.2, -0.15) is 0 Å². The van der Waals surface area contributed by atoms with E-state index in [1.807, 2.05) is 6.20 Å². The average Bonchev–Trinajstić information content (AvgIpc) is 2.60. The lowest BCUT2D eigenvalue weighted by Gasteiger charge is -2.24. The first-order valence-corrected chi connectivity index (χ1v) is 5.71. The zero-order valence-electron chi connectivity index (χ0n) is 9.16. The summed E-state index contributed by atoms with van der Waals surface area (Å²) < 4.78 is 5.19. The van der Waals surface area contributed by atoms with E-state index in [1.54, 1.807) is 13.3 Å². The number of hydrogen-bond donors (Lipinski definition) is 0. The molecule has 1 aromatic heterocycles. The summed E-state index contributed by atoms with van der Waals surface area (Å²) >= 11 is 6.17. The van der Waals surface area contributed by atoms with E-state index in [0.717, 1.165) is 25.0 Å². The fraction of sp³-hybridized carbons (Fsp3) is 0.583. The molecule has 0 aliphatic heterocycles. The van der Waals surface area contributed by atoms with Gasteiger partial charge in [0.15, 0.2) is 0 Å². The molecule has 0 bridgehead atoms. The van der Waals surface area contributed by atoms with E-state index in [0.29, 0.717) is 5.38 Å². The Hall–Kier alpha value is -0.760. The largest absolute Gasteiger partial charge is 0.495 e. The van der Waals surface area contributed by atoms with Crippen molar-refractivity contribution < 1.29 is 4.74 Å². The van der Waals surface area contributed by atoms with Crippen LogP contribution in [0.4, 0.5) is 0 Å². The third-order valence-electron chi connectivity index (χ3n) is 3.33. The Balaban J connectivity index is 2.28. The molecule has 0 aromatic carbocycles. The van der Waals surface area contributed by atoms with Gasteiger partial charge in [0.2, 0.25) is 0 Å². The number of pyridine rings is 1.